The molecule has 3 aromatic carbocycles. The monoisotopic (exact) mass is 474 g/mol. The standard InChI is InChI=1S/C24H16BrFN4O/c25-16-8-6-14(7-9-16)22-20-21(29-24-27-13-28-30(22)24)18-12-17(26)10-11-19(18)31-23(20)15-4-2-1-3-5-15/h1-13,22-23H,(H,27,28,29)/t22-,23-/m0/s1. The van der Waals surface area contributed by atoms with E-state index in [-0.39, 0.29) is 18.0 Å². The molecule has 5 nitrogen and oxygen atoms in total. The zero-order valence-corrected chi connectivity index (χ0v) is 17.8. The molecule has 0 unspecified atom stereocenters. The first kappa shape index (κ1) is 18.3. The summed E-state index contributed by atoms with van der Waals surface area (Å²) in [4.78, 5) is 4.40. The maximum atomic E-state index is 14.2. The molecule has 2 aliphatic rings. The van der Waals surface area contributed by atoms with E-state index in [2.05, 4.69) is 43.5 Å². The average molecular weight is 475 g/mol. The van der Waals surface area contributed by atoms with Crippen molar-refractivity contribution in [1.82, 2.24) is 14.8 Å². The number of rotatable bonds is 2. The van der Waals surface area contributed by atoms with E-state index in [1.807, 2.05) is 47.1 Å². The van der Waals surface area contributed by atoms with E-state index < -0.39 is 0 Å². The zero-order valence-electron chi connectivity index (χ0n) is 16.2. The molecule has 1 N–H and O–H groups in total. The molecule has 0 saturated heterocycles. The topological polar surface area (TPSA) is 52.0 Å². The van der Waals surface area contributed by atoms with Gasteiger partial charge in [0.05, 0.1) is 5.70 Å². The molecule has 0 spiro atoms. The van der Waals surface area contributed by atoms with Gasteiger partial charge in [0.1, 0.15) is 30.0 Å². The van der Waals surface area contributed by atoms with Gasteiger partial charge in [-0.1, -0.05) is 58.4 Å². The Balaban J connectivity index is 1.64. The van der Waals surface area contributed by atoms with E-state index in [1.54, 1.807) is 6.07 Å². The molecule has 0 aliphatic carbocycles. The number of anilines is 1. The average Bonchev–Trinajstić information content (AvgIpc) is 3.27. The Labute approximate surface area is 186 Å². The van der Waals surface area contributed by atoms with Gasteiger partial charge in [-0.05, 0) is 41.5 Å². The van der Waals surface area contributed by atoms with E-state index in [0.717, 1.165) is 26.9 Å². The van der Waals surface area contributed by atoms with E-state index >= 15 is 0 Å². The van der Waals surface area contributed by atoms with Crippen LogP contribution < -0.4 is 10.1 Å². The molecular formula is C24H16BrFN4O. The van der Waals surface area contributed by atoms with Gasteiger partial charge in [-0.3, -0.25) is 0 Å². The minimum atomic E-state index is -0.368. The molecule has 6 rings (SSSR count). The number of ether oxygens (including phenoxy) is 1. The summed E-state index contributed by atoms with van der Waals surface area (Å²) in [7, 11) is 0. The number of halogens is 2. The van der Waals surface area contributed by atoms with Crippen molar-refractivity contribution in [2.75, 3.05) is 5.32 Å². The third-order valence-electron chi connectivity index (χ3n) is 5.66. The Morgan fingerprint density at radius 1 is 0.968 bits per heavy atom. The van der Waals surface area contributed by atoms with E-state index in [4.69, 9.17) is 4.74 Å². The summed E-state index contributed by atoms with van der Waals surface area (Å²) in [5, 5.41) is 7.88. The van der Waals surface area contributed by atoms with E-state index in [0.29, 0.717) is 17.3 Å². The molecule has 0 fully saturated rings. The van der Waals surface area contributed by atoms with Crippen LogP contribution in [0.1, 0.15) is 28.8 Å². The Morgan fingerprint density at radius 3 is 2.58 bits per heavy atom. The lowest BCUT2D eigenvalue weighted by atomic mass is 9.84. The van der Waals surface area contributed by atoms with Crippen LogP contribution in [-0.2, 0) is 0 Å². The van der Waals surface area contributed by atoms with Gasteiger partial charge in [0, 0.05) is 15.6 Å². The molecule has 1 aromatic heterocycles. The lowest BCUT2D eigenvalue weighted by Gasteiger charge is -2.39. The second-order valence-corrected chi connectivity index (χ2v) is 8.40. The third kappa shape index (κ3) is 2.96. The van der Waals surface area contributed by atoms with Crippen LogP contribution in [-0.4, -0.2) is 14.8 Å². The summed E-state index contributed by atoms with van der Waals surface area (Å²) in [5.41, 5.74) is 4.50. The van der Waals surface area contributed by atoms with Gasteiger partial charge in [0.2, 0.25) is 5.95 Å². The molecule has 31 heavy (non-hydrogen) atoms. The maximum absolute atomic E-state index is 14.2. The summed E-state index contributed by atoms with van der Waals surface area (Å²) in [6.07, 6.45) is 1.16. The first-order valence-electron chi connectivity index (χ1n) is 9.86. The molecule has 7 heteroatoms. The number of fused-ring (bicyclic) bond motifs is 3. The van der Waals surface area contributed by atoms with Gasteiger partial charge < -0.3 is 10.1 Å². The van der Waals surface area contributed by atoms with Crippen LogP contribution in [0.4, 0.5) is 10.3 Å². The number of aromatic nitrogens is 3. The predicted molar refractivity (Wildman–Crippen MR) is 119 cm³/mol. The quantitative estimate of drug-likeness (QED) is 0.402. The minimum Gasteiger partial charge on any atom is -0.480 e. The predicted octanol–water partition coefficient (Wildman–Crippen LogP) is 5.74. The first-order valence-corrected chi connectivity index (χ1v) is 10.7. The molecule has 0 radical (unpaired) electrons. The summed E-state index contributed by atoms with van der Waals surface area (Å²) >= 11 is 3.52. The smallest absolute Gasteiger partial charge is 0.226 e. The zero-order chi connectivity index (χ0) is 20.9. The molecular weight excluding hydrogens is 459 g/mol. The molecule has 0 bridgehead atoms. The molecule has 0 amide bonds. The SMILES string of the molecule is Fc1ccc2c(c1)C1=C([C@H](c3ccccc3)O2)[C@H](c2ccc(Br)cc2)n2ncnc2N1. The van der Waals surface area contributed by atoms with Crippen molar-refractivity contribution in [3.8, 4) is 5.75 Å². The van der Waals surface area contributed by atoms with Crippen molar-refractivity contribution < 1.29 is 9.13 Å². The lowest BCUT2D eigenvalue weighted by molar-refractivity contribution is 0.222. The van der Waals surface area contributed by atoms with Gasteiger partial charge in [0.15, 0.2) is 0 Å². The second-order valence-electron chi connectivity index (χ2n) is 7.49. The van der Waals surface area contributed by atoms with E-state index in [1.165, 1.54) is 18.5 Å². The fourth-order valence-corrected chi connectivity index (χ4v) is 4.57. The summed E-state index contributed by atoms with van der Waals surface area (Å²) in [5.74, 6) is 0.918. The highest BCUT2D eigenvalue weighted by Crippen LogP contribution is 2.50. The number of nitrogens with zero attached hydrogens (tertiary/aromatic N) is 3. The maximum Gasteiger partial charge on any atom is 0.226 e. The summed E-state index contributed by atoms with van der Waals surface area (Å²) in [6, 6.07) is 22.5. The van der Waals surface area contributed by atoms with Crippen LogP contribution >= 0.6 is 15.9 Å². The fourth-order valence-electron chi connectivity index (χ4n) is 4.31. The largest absolute Gasteiger partial charge is 0.480 e. The van der Waals surface area contributed by atoms with Crippen molar-refractivity contribution in [1.29, 1.82) is 0 Å². The highest BCUT2D eigenvalue weighted by Gasteiger charge is 2.41. The molecule has 0 saturated carbocycles. The molecule has 2 atom stereocenters. The van der Waals surface area contributed by atoms with Crippen LogP contribution in [0, 0.1) is 5.82 Å². The number of nitrogens with one attached hydrogen (secondary N) is 1. The van der Waals surface area contributed by atoms with Gasteiger partial charge in [-0.25, -0.2) is 9.07 Å². The number of hydrogen-bond acceptors (Lipinski definition) is 4. The van der Waals surface area contributed by atoms with Crippen LogP contribution in [0.2, 0.25) is 0 Å². The van der Waals surface area contributed by atoms with Gasteiger partial charge >= 0.3 is 0 Å². The fraction of sp³-hybridized carbons (Fsp3) is 0.0833. The number of benzene rings is 3. The second kappa shape index (κ2) is 7.06. The van der Waals surface area contributed by atoms with Crippen molar-refractivity contribution in [2.45, 2.75) is 12.1 Å². The lowest BCUT2D eigenvalue weighted by Crippen LogP contribution is -2.32. The van der Waals surface area contributed by atoms with Crippen molar-refractivity contribution >= 4 is 27.6 Å². The van der Waals surface area contributed by atoms with Crippen LogP contribution in [0.25, 0.3) is 5.70 Å². The van der Waals surface area contributed by atoms with Crippen LogP contribution in [0.5, 0.6) is 5.75 Å². The van der Waals surface area contributed by atoms with E-state index in [9.17, 15) is 4.39 Å². The highest BCUT2D eigenvalue weighted by molar-refractivity contribution is 9.10. The summed E-state index contributed by atoms with van der Waals surface area (Å²) < 4.78 is 23.5. The Morgan fingerprint density at radius 2 is 1.77 bits per heavy atom. The molecule has 3 heterocycles. The van der Waals surface area contributed by atoms with Gasteiger partial charge in [0.25, 0.3) is 0 Å². The first-order chi connectivity index (χ1) is 15.2. The molecule has 2 aliphatic heterocycles. The van der Waals surface area contributed by atoms with Crippen molar-refractivity contribution in [3.05, 3.63) is 112 Å². The van der Waals surface area contributed by atoms with Crippen LogP contribution in [0.3, 0.4) is 0 Å². The Kier molecular flexibility index (Phi) is 4.17. The summed E-state index contributed by atoms with van der Waals surface area (Å²) in [6.45, 7) is 0. The minimum absolute atomic E-state index is 0.261. The molecule has 152 valence electrons. The third-order valence-corrected chi connectivity index (χ3v) is 6.19. The normalized spacial score (nSPS) is 19.0. The van der Waals surface area contributed by atoms with Gasteiger partial charge in [-0.15, -0.1) is 0 Å². The molecule has 4 aromatic rings. The highest BCUT2D eigenvalue weighted by atomic mass is 79.9. The Bertz CT molecular complexity index is 1320. The number of hydrogen-bond donors (Lipinski definition) is 1. The van der Waals surface area contributed by atoms with Gasteiger partial charge in [-0.2, -0.15) is 10.1 Å². The van der Waals surface area contributed by atoms with Crippen LogP contribution in [0.15, 0.2) is 89.2 Å². The van der Waals surface area contributed by atoms with Crippen molar-refractivity contribution in [2.24, 2.45) is 0 Å². The Hall–Kier alpha value is -3.45. The van der Waals surface area contributed by atoms with Crippen molar-refractivity contribution in [3.63, 3.8) is 0 Å².